The molecule has 4 saturated heterocycles. The summed E-state index contributed by atoms with van der Waals surface area (Å²) in [6.07, 6.45) is 7.16. The van der Waals surface area contributed by atoms with E-state index in [2.05, 4.69) is 27.5 Å². The number of amides is 1. The number of nitrogens with zero attached hydrogens (tertiary/aromatic N) is 7. The van der Waals surface area contributed by atoms with Crippen LogP contribution in [0.4, 0.5) is 5.82 Å². The van der Waals surface area contributed by atoms with E-state index in [0.29, 0.717) is 50.0 Å². The Labute approximate surface area is 234 Å². The molecule has 0 aliphatic carbocycles. The minimum atomic E-state index is -0.0640. The highest BCUT2D eigenvalue weighted by Gasteiger charge is 2.39. The van der Waals surface area contributed by atoms with E-state index >= 15 is 0 Å². The molecular formula is C26H32IN7O4. The Morgan fingerprint density at radius 3 is 2.63 bits per heavy atom. The van der Waals surface area contributed by atoms with Crippen molar-refractivity contribution in [1.29, 1.82) is 0 Å². The molecule has 2 bridgehead atoms. The molecule has 3 aromatic rings. The van der Waals surface area contributed by atoms with Crippen molar-refractivity contribution in [3.8, 4) is 5.82 Å². The lowest BCUT2D eigenvalue weighted by atomic mass is 10.1. The second-order valence-electron chi connectivity index (χ2n) is 10.7. The van der Waals surface area contributed by atoms with Crippen LogP contribution >= 0.6 is 22.6 Å². The van der Waals surface area contributed by atoms with E-state index < -0.39 is 0 Å². The Hall–Kier alpha value is -2.29. The lowest BCUT2D eigenvalue weighted by molar-refractivity contribution is -0.0395. The number of hydrogen-bond acceptors (Lipinski definition) is 8. The van der Waals surface area contributed by atoms with E-state index in [1.54, 1.807) is 4.68 Å². The number of fused-ring (bicyclic) bond motifs is 3. The fourth-order valence-corrected chi connectivity index (χ4v) is 6.99. The van der Waals surface area contributed by atoms with Gasteiger partial charge in [-0.15, -0.1) is 0 Å². The smallest absolute Gasteiger partial charge is 0.255 e. The van der Waals surface area contributed by atoms with Crippen LogP contribution in [0.25, 0.3) is 16.9 Å². The molecule has 4 fully saturated rings. The first-order chi connectivity index (χ1) is 18.6. The molecule has 0 spiro atoms. The summed E-state index contributed by atoms with van der Waals surface area (Å²) >= 11 is 2.22. The number of carbonyl (C=O) groups excluding carboxylic acids is 1. The molecule has 1 amide bonds. The van der Waals surface area contributed by atoms with Crippen LogP contribution < -0.4 is 4.90 Å². The minimum Gasteiger partial charge on any atom is -0.377 e. The summed E-state index contributed by atoms with van der Waals surface area (Å²) in [7, 11) is 0. The Bertz CT molecular complexity index is 1340. The van der Waals surface area contributed by atoms with Gasteiger partial charge in [0.25, 0.3) is 5.91 Å². The fraction of sp³-hybridized carbons (Fsp3) is 0.615. The van der Waals surface area contributed by atoms with Gasteiger partial charge in [0, 0.05) is 25.4 Å². The van der Waals surface area contributed by atoms with E-state index in [1.807, 2.05) is 34.8 Å². The van der Waals surface area contributed by atoms with E-state index in [1.165, 1.54) is 0 Å². The van der Waals surface area contributed by atoms with Gasteiger partial charge in [-0.05, 0) is 67.7 Å². The van der Waals surface area contributed by atoms with Crippen molar-refractivity contribution in [3.63, 3.8) is 0 Å². The van der Waals surface area contributed by atoms with E-state index in [9.17, 15) is 4.79 Å². The molecule has 4 unspecified atom stereocenters. The largest absolute Gasteiger partial charge is 0.377 e. The van der Waals surface area contributed by atoms with Gasteiger partial charge < -0.3 is 24.0 Å². The van der Waals surface area contributed by atoms with Gasteiger partial charge in [-0.25, -0.2) is 9.67 Å². The zero-order valence-electron chi connectivity index (χ0n) is 21.5. The number of carbonyl (C=O) groups is 1. The maximum Gasteiger partial charge on any atom is 0.255 e. The van der Waals surface area contributed by atoms with Gasteiger partial charge in [0.2, 0.25) is 0 Å². The number of hydrogen-bond donors (Lipinski definition) is 0. The summed E-state index contributed by atoms with van der Waals surface area (Å²) in [5.74, 6) is 1.47. The zero-order valence-corrected chi connectivity index (χ0v) is 23.6. The molecule has 4 aliphatic heterocycles. The molecule has 11 nitrogen and oxygen atoms in total. The number of pyridine rings is 1. The SMILES string of the molecule is CC1COCCN1C(=O)c1cc(N2C3CCC2COC3)nc2c1c(I)nn2-c1ccn(C2CCCCO2)n1. The van der Waals surface area contributed by atoms with Gasteiger partial charge in [-0.1, -0.05) is 0 Å². The first-order valence-corrected chi connectivity index (χ1v) is 14.7. The normalized spacial score (nSPS) is 27.8. The zero-order chi connectivity index (χ0) is 25.8. The number of anilines is 1. The molecule has 38 heavy (non-hydrogen) atoms. The van der Waals surface area contributed by atoms with E-state index in [4.69, 9.17) is 29.4 Å². The highest BCUT2D eigenvalue weighted by Crippen LogP contribution is 2.37. The van der Waals surface area contributed by atoms with Crippen LogP contribution in [0.15, 0.2) is 18.3 Å². The van der Waals surface area contributed by atoms with Gasteiger partial charge in [0.15, 0.2) is 11.5 Å². The molecule has 0 radical (unpaired) electrons. The monoisotopic (exact) mass is 633 g/mol. The third-order valence-electron chi connectivity index (χ3n) is 8.21. The van der Waals surface area contributed by atoms with E-state index in [-0.39, 0.29) is 30.3 Å². The summed E-state index contributed by atoms with van der Waals surface area (Å²) in [6, 6.07) is 4.45. The van der Waals surface area contributed by atoms with Crippen molar-refractivity contribution in [2.75, 3.05) is 44.5 Å². The van der Waals surface area contributed by atoms with Gasteiger partial charge in [-0.3, -0.25) is 4.79 Å². The van der Waals surface area contributed by atoms with Gasteiger partial charge >= 0.3 is 0 Å². The molecule has 3 aromatic heterocycles. The first kappa shape index (κ1) is 24.7. The number of halogens is 1. The van der Waals surface area contributed by atoms with Crippen LogP contribution in [0.5, 0.6) is 0 Å². The molecule has 4 atom stereocenters. The number of morpholine rings is 2. The molecule has 202 valence electrons. The number of ether oxygens (including phenoxy) is 3. The molecule has 0 N–H and O–H groups in total. The van der Waals surface area contributed by atoms with Crippen LogP contribution in [-0.2, 0) is 14.2 Å². The van der Waals surface area contributed by atoms with Crippen LogP contribution in [0.1, 0.15) is 55.6 Å². The van der Waals surface area contributed by atoms with Crippen LogP contribution in [0, 0.1) is 3.70 Å². The van der Waals surface area contributed by atoms with E-state index in [0.717, 1.165) is 53.6 Å². The number of rotatable bonds is 4. The predicted octanol–water partition coefficient (Wildman–Crippen LogP) is 3.15. The highest BCUT2D eigenvalue weighted by atomic mass is 127. The van der Waals surface area contributed by atoms with Crippen molar-refractivity contribution in [3.05, 3.63) is 27.6 Å². The highest BCUT2D eigenvalue weighted by molar-refractivity contribution is 14.1. The predicted molar refractivity (Wildman–Crippen MR) is 148 cm³/mol. The first-order valence-electron chi connectivity index (χ1n) is 13.6. The number of aromatic nitrogens is 5. The summed E-state index contributed by atoms with van der Waals surface area (Å²) in [4.78, 5) is 23.5. The topological polar surface area (TPSA) is 99.8 Å². The Morgan fingerprint density at radius 2 is 1.87 bits per heavy atom. The van der Waals surface area contributed by atoms with Crippen LogP contribution in [-0.4, -0.2) is 93.1 Å². The summed E-state index contributed by atoms with van der Waals surface area (Å²) in [5, 5.41) is 10.4. The summed E-state index contributed by atoms with van der Waals surface area (Å²) in [5.41, 5.74) is 1.28. The maximum atomic E-state index is 14.1. The molecule has 7 rings (SSSR count). The van der Waals surface area contributed by atoms with Crippen molar-refractivity contribution < 1.29 is 19.0 Å². The average molecular weight is 633 g/mol. The second-order valence-corrected chi connectivity index (χ2v) is 11.7. The van der Waals surface area contributed by atoms with Gasteiger partial charge in [0.1, 0.15) is 15.7 Å². The van der Waals surface area contributed by atoms with Crippen molar-refractivity contribution in [2.45, 2.75) is 63.4 Å². The molecule has 0 aromatic carbocycles. The Kier molecular flexibility index (Phi) is 6.53. The molecule has 4 aliphatic rings. The summed E-state index contributed by atoms with van der Waals surface area (Å²) < 4.78 is 21.8. The molecule has 12 heteroatoms. The standard InChI is InChI=1S/C26H32IN7O4/c1-16-13-36-11-9-31(16)26(35)19-12-21(33-17-5-6-18(33)15-37-14-17)28-25-23(19)24(27)30-34(25)20-7-8-32(29-20)22-4-2-3-10-38-22/h7-8,12,16-18,22H,2-6,9-11,13-15H2,1H3. The Balaban J connectivity index is 1.36. The summed E-state index contributed by atoms with van der Waals surface area (Å²) in [6.45, 7) is 5.80. The average Bonchev–Trinajstić information content (AvgIpc) is 3.63. The lowest BCUT2D eigenvalue weighted by Gasteiger charge is -2.36. The third-order valence-corrected chi connectivity index (χ3v) is 8.96. The third kappa shape index (κ3) is 4.20. The molecule has 7 heterocycles. The minimum absolute atomic E-state index is 0.00128. The van der Waals surface area contributed by atoms with Gasteiger partial charge in [0.05, 0.1) is 55.5 Å². The molecule has 0 saturated carbocycles. The van der Waals surface area contributed by atoms with Crippen molar-refractivity contribution >= 4 is 45.3 Å². The van der Waals surface area contributed by atoms with Crippen LogP contribution in [0.2, 0.25) is 0 Å². The quantitative estimate of drug-likeness (QED) is 0.405. The molecular weight excluding hydrogens is 601 g/mol. The Morgan fingerprint density at radius 1 is 1.03 bits per heavy atom. The van der Waals surface area contributed by atoms with Crippen molar-refractivity contribution in [1.82, 2.24) is 29.4 Å². The van der Waals surface area contributed by atoms with Crippen LogP contribution in [0.3, 0.4) is 0 Å². The van der Waals surface area contributed by atoms with Crippen molar-refractivity contribution in [2.24, 2.45) is 0 Å². The second kappa shape index (κ2) is 10.0. The maximum absolute atomic E-state index is 14.1. The van der Waals surface area contributed by atoms with Gasteiger partial charge in [-0.2, -0.15) is 14.9 Å². The lowest BCUT2D eigenvalue weighted by Crippen LogP contribution is -2.48. The fourth-order valence-electron chi connectivity index (χ4n) is 6.24.